The molecule has 10 aromatic carbocycles. The van der Waals surface area contributed by atoms with Gasteiger partial charge in [-0.25, -0.2) is 0 Å². The number of allylic oxidation sites excluding steroid dienone is 2. The summed E-state index contributed by atoms with van der Waals surface area (Å²) in [5.41, 5.74) is 27.9. The summed E-state index contributed by atoms with van der Waals surface area (Å²) < 4.78 is 39.1. The average Bonchev–Trinajstić information content (AvgIpc) is 0.778. The summed E-state index contributed by atoms with van der Waals surface area (Å²) in [4.78, 5) is 36.5. The van der Waals surface area contributed by atoms with Gasteiger partial charge in [-0.1, -0.05) is 209 Å². The summed E-state index contributed by atoms with van der Waals surface area (Å²) in [6, 6.07) is 110. The normalized spacial score (nSPS) is 10.6. The van der Waals surface area contributed by atoms with Gasteiger partial charge in [-0.15, -0.1) is 213 Å². The van der Waals surface area contributed by atoms with Crippen molar-refractivity contribution in [3.05, 3.63) is 434 Å². The number of aliphatic hydroxyl groups is 1. The molecule has 0 saturated carbocycles. The molecule has 0 unspecified atom stereocenters. The van der Waals surface area contributed by atoms with E-state index in [1.165, 1.54) is 81.8 Å². The molecule has 0 aliphatic carbocycles. The molecular formula is C102H86Ir4N6O2-6. The van der Waals surface area contributed by atoms with Crippen LogP contribution in [0.5, 0.6) is 0 Å². The summed E-state index contributed by atoms with van der Waals surface area (Å²) in [6.45, 7) is 17.5. The van der Waals surface area contributed by atoms with Gasteiger partial charge in [0.05, 0.1) is 12.6 Å². The molecule has 16 rings (SSSR count). The van der Waals surface area contributed by atoms with Crippen LogP contribution in [0.2, 0.25) is 0 Å². The van der Waals surface area contributed by atoms with E-state index in [9.17, 15) is 4.79 Å². The Labute approximate surface area is 734 Å². The van der Waals surface area contributed by atoms with Crippen molar-refractivity contribution in [2.45, 2.75) is 62.3 Å². The van der Waals surface area contributed by atoms with E-state index in [2.05, 4.69) is 230 Å². The van der Waals surface area contributed by atoms with Crippen molar-refractivity contribution < 1.29 is 97.2 Å². The van der Waals surface area contributed by atoms with Gasteiger partial charge in [-0.3, -0.25) is 4.79 Å². The van der Waals surface area contributed by atoms with Gasteiger partial charge in [0.1, 0.15) is 0 Å². The van der Waals surface area contributed by atoms with E-state index >= 15 is 0 Å². The molecule has 578 valence electrons. The number of aromatic nitrogens is 6. The number of pyridine rings is 6. The van der Waals surface area contributed by atoms with Crippen LogP contribution in [0.25, 0.3) is 112 Å². The Kier molecular flexibility index (Phi) is 35.8. The van der Waals surface area contributed by atoms with E-state index in [1.807, 2.05) is 170 Å². The number of benzene rings is 10. The molecule has 0 atom stereocenters. The predicted molar refractivity (Wildman–Crippen MR) is 453 cm³/mol. The SMILES string of the molecule is CC(=O)C=C(C)O.Cc1[c-]c(-c2cc(C)c(-c3ccccc3)cn2)cc(C)c1.Cc1[c-]c(-c2ccc(-c3ccccc3)cn2)cc(C)c1.Cc1ccc(-c2ccnc(-c3[c-]cccc3)c2)cc1.Cc1cccnc1-c1[c-]cccc1.[2H]c1c([2H])c([2H])c(-c2ccc(-c3[c-]cccc3)nc2)c([2H])c1[2H].[Ir].[Ir].[Ir].[Ir].[c-]1ccccc1-c1ccccn1. The maximum absolute atomic E-state index is 10.0. The molecule has 4 radical (unpaired) electrons. The van der Waals surface area contributed by atoms with Gasteiger partial charge < -0.3 is 35.0 Å². The predicted octanol–water partition coefficient (Wildman–Crippen LogP) is 25.1. The van der Waals surface area contributed by atoms with Crippen LogP contribution in [0.3, 0.4) is 0 Å². The van der Waals surface area contributed by atoms with Crippen molar-refractivity contribution >= 4 is 5.78 Å². The Morgan fingerprint density at radius 3 is 1.24 bits per heavy atom. The summed E-state index contributed by atoms with van der Waals surface area (Å²) in [6.07, 6.45) is 12.0. The van der Waals surface area contributed by atoms with Gasteiger partial charge in [0.15, 0.2) is 5.78 Å². The van der Waals surface area contributed by atoms with E-state index in [4.69, 9.17) is 12.0 Å². The third-order valence-corrected chi connectivity index (χ3v) is 16.6. The van der Waals surface area contributed by atoms with Crippen LogP contribution >= 0.6 is 0 Å². The largest absolute Gasteiger partial charge is 0.512 e. The first-order valence-electron chi connectivity index (χ1n) is 38.4. The molecule has 6 heterocycles. The molecule has 0 bridgehead atoms. The number of aliphatic hydroxyl groups excluding tert-OH is 1. The molecule has 0 aliphatic rings. The van der Waals surface area contributed by atoms with Crippen LogP contribution in [0.4, 0.5) is 0 Å². The van der Waals surface area contributed by atoms with Crippen molar-refractivity contribution in [3.8, 4) is 112 Å². The molecule has 0 fully saturated rings. The molecule has 1 N–H and O–H groups in total. The molecule has 114 heavy (non-hydrogen) atoms. The van der Waals surface area contributed by atoms with Gasteiger partial charge in [0.25, 0.3) is 0 Å². The molecule has 0 spiro atoms. The number of carbonyl (C=O) groups excluding carboxylic acids is 1. The quantitative estimate of drug-likeness (QED) is 0.0774. The fourth-order valence-corrected chi connectivity index (χ4v) is 11.4. The molecule has 6 aromatic heterocycles. The van der Waals surface area contributed by atoms with Crippen LogP contribution in [-0.4, -0.2) is 40.8 Å². The number of carbonyl (C=O) groups is 1. The summed E-state index contributed by atoms with van der Waals surface area (Å²) >= 11 is 0. The van der Waals surface area contributed by atoms with Crippen molar-refractivity contribution in [3.63, 3.8) is 0 Å². The van der Waals surface area contributed by atoms with Crippen LogP contribution in [0, 0.1) is 84.9 Å². The first-order valence-corrected chi connectivity index (χ1v) is 35.9. The third kappa shape index (κ3) is 29.5. The number of ketones is 1. The van der Waals surface area contributed by atoms with Crippen molar-refractivity contribution in [1.82, 2.24) is 29.9 Å². The Morgan fingerprint density at radius 2 is 0.772 bits per heavy atom. The summed E-state index contributed by atoms with van der Waals surface area (Å²) in [5, 5.41) is 8.36. The number of rotatable bonds is 11. The molecule has 8 nitrogen and oxygen atoms in total. The third-order valence-electron chi connectivity index (χ3n) is 16.6. The molecule has 0 amide bonds. The van der Waals surface area contributed by atoms with E-state index in [0.29, 0.717) is 11.3 Å². The van der Waals surface area contributed by atoms with Crippen LogP contribution in [-0.2, 0) is 85.2 Å². The standard InChI is InChI=1S/C20H18N.C19H16N.C18H14N.C17H12N.C12H10N.C11H8N.C5H8O2.4Ir/c1-14-9-15(2)11-18(10-14)20-12-16(3)19(13-21-20)17-7-5-4-6-8-17;1-14-10-15(2)12-18(11-14)19-9-8-17(13-20-19)16-6-4-3-5-7-16;1-14-7-9-15(10-8-14)17-11-12-19-18(13-17)16-5-3-2-4-6-16;1-3-7-14(8-4-1)16-11-12-17(18-13-16)15-9-5-2-6-10-15;1-10-6-5-9-13-12(10)11-7-3-2-4-8-11;1-2-6-10(7-3-1)11-8-4-5-9-12-11;1-4(6)3-5(2)7;;;;/h4-10,12-13H,1-3H3;3-11,13H,1-2H3;2-5,7-13H,1H3;1-9,11-13H;2-7,9H,1H3;1-6,8-9H;3,6H,1-2H3;;;;/q6*-1;;;;;/i;;;1D,3D,4D,7D,8D;;;;;;;. The fraction of sp³-hybridized carbons (Fsp3) is 0.0882. The smallest absolute Gasteiger partial charge is 0.155 e. The first-order chi connectivity index (χ1) is 55.7. The second-order valence-corrected chi connectivity index (χ2v) is 25.7. The number of hydrogen-bond donors (Lipinski definition) is 1. The van der Waals surface area contributed by atoms with Crippen molar-refractivity contribution in [1.29, 1.82) is 0 Å². The summed E-state index contributed by atoms with van der Waals surface area (Å²) in [5.74, 6) is -0.0625. The van der Waals surface area contributed by atoms with Gasteiger partial charge >= 0.3 is 0 Å². The van der Waals surface area contributed by atoms with Crippen LogP contribution in [0.15, 0.2) is 358 Å². The molecular weight excluding hydrogens is 2110 g/mol. The number of nitrogens with zero attached hydrogens (tertiary/aromatic N) is 6. The maximum atomic E-state index is 10.0. The van der Waals surface area contributed by atoms with Gasteiger partial charge in [-0.05, 0) is 131 Å². The molecule has 16 aromatic rings. The minimum absolute atomic E-state index is 0. The maximum Gasteiger partial charge on any atom is 0.155 e. The van der Waals surface area contributed by atoms with Gasteiger partial charge in [0.2, 0.25) is 0 Å². The summed E-state index contributed by atoms with van der Waals surface area (Å²) in [7, 11) is 0. The monoisotopic (exact) mass is 2200 g/mol. The van der Waals surface area contributed by atoms with Crippen molar-refractivity contribution in [2.24, 2.45) is 0 Å². The number of hydrogen-bond acceptors (Lipinski definition) is 8. The zero-order valence-electron chi connectivity index (χ0n) is 69.5. The fourth-order valence-electron chi connectivity index (χ4n) is 11.4. The topological polar surface area (TPSA) is 115 Å². The minimum Gasteiger partial charge on any atom is -0.512 e. The number of aryl methyl sites for hydroxylation is 7. The molecule has 0 saturated heterocycles. The van der Waals surface area contributed by atoms with Gasteiger partial charge in [-0.2, -0.15) is 0 Å². The van der Waals surface area contributed by atoms with Crippen molar-refractivity contribution in [2.75, 3.05) is 0 Å². The first kappa shape index (κ1) is 83.8. The minimum atomic E-state index is -0.396. The Bertz CT molecular complexity index is 5730. The molecule has 0 aliphatic heterocycles. The second kappa shape index (κ2) is 48.7. The Balaban J connectivity index is 0.000000219. The average molecular weight is 2200 g/mol. The zero-order chi connectivity index (χ0) is 81.6. The van der Waals surface area contributed by atoms with E-state index in [1.54, 1.807) is 24.4 Å². The van der Waals surface area contributed by atoms with Crippen LogP contribution < -0.4 is 0 Å². The molecule has 12 heteroatoms. The van der Waals surface area contributed by atoms with Crippen LogP contribution in [0.1, 0.15) is 59.6 Å². The van der Waals surface area contributed by atoms with E-state index in [0.717, 1.165) is 78.5 Å². The van der Waals surface area contributed by atoms with Gasteiger partial charge in [0, 0.05) is 129 Å². The Hall–Kier alpha value is -11.1. The zero-order valence-corrected chi connectivity index (χ0v) is 74.1. The van der Waals surface area contributed by atoms with E-state index in [-0.39, 0.29) is 122 Å². The second-order valence-electron chi connectivity index (χ2n) is 25.7. The Morgan fingerprint density at radius 1 is 0.333 bits per heavy atom. The van der Waals surface area contributed by atoms with E-state index < -0.39 is 6.04 Å².